The fraction of sp³-hybridized carbons (Fsp3) is 0.650. The minimum absolute atomic E-state index is 0.0107. The highest BCUT2D eigenvalue weighted by Crippen LogP contribution is 2.26. The van der Waals surface area contributed by atoms with Crippen LogP contribution in [-0.2, 0) is 17.8 Å². The number of fused-ring (bicyclic) bond motifs is 1. The average Bonchev–Trinajstić information content (AvgIpc) is 3.00. The Hall–Kier alpha value is -1.39. The monoisotopic (exact) mass is 330 g/mol. The molecular formula is C20H30N2O2. The second-order valence-corrected chi connectivity index (χ2v) is 7.66. The Balaban J connectivity index is 1.45. The molecule has 4 nitrogen and oxygen atoms in total. The Morgan fingerprint density at radius 2 is 2.17 bits per heavy atom. The van der Waals surface area contributed by atoms with Gasteiger partial charge < -0.3 is 10.4 Å². The van der Waals surface area contributed by atoms with Crippen molar-refractivity contribution in [2.24, 2.45) is 5.92 Å². The van der Waals surface area contributed by atoms with E-state index in [2.05, 4.69) is 42.3 Å². The number of rotatable bonds is 5. The molecule has 2 unspecified atom stereocenters. The molecule has 3 rings (SSSR count). The van der Waals surface area contributed by atoms with Gasteiger partial charge in [-0.2, -0.15) is 0 Å². The summed E-state index contributed by atoms with van der Waals surface area (Å²) in [4.78, 5) is 14.5. The number of hydrogen-bond donors (Lipinski definition) is 2. The summed E-state index contributed by atoms with van der Waals surface area (Å²) < 4.78 is 0. The lowest BCUT2D eigenvalue weighted by Crippen LogP contribution is -2.39. The van der Waals surface area contributed by atoms with Crippen molar-refractivity contribution in [2.45, 2.75) is 58.1 Å². The third-order valence-electron chi connectivity index (χ3n) is 5.49. The molecule has 0 aromatic heterocycles. The van der Waals surface area contributed by atoms with Crippen LogP contribution >= 0.6 is 0 Å². The molecule has 0 saturated heterocycles. The van der Waals surface area contributed by atoms with Crippen LogP contribution in [0.3, 0.4) is 0 Å². The quantitative estimate of drug-likeness (QED) is 0.872. The molecule has 2 atom stereocenters. The summed E-state index contributed by atoms with van der Waals surface area (Å²) in [6.07, 6.45) is 3.02. The topological polar surface area (TPSA) is 52.6 Å². The summed E-state index contributed by atoms with van der Waals surface area (Å²) in [6.45, 7) is 8.11. The van der Waals surface area contributed by atoms with Crippen LogP contribution in [0.5, 0.6) is 0 Å². The van der Waals surface area contributed by atoms with Gasteiger partial charge in [-0.3, -0.25) is 9.69 Å². The molecule has 132 valence electrons. The summed E-state index contributed by atoms with van der Waals surface area (Å²) in [5.74, 6) is 0.708. The summed E-state index contributed by atoms with van der Waals surface area (Å²) in [7, 11) is 0. The van der Waals surface area contributed by atoms with E-state index in [1.807, 2.05) is 0 Å². The first-order chi connectivity index (χ1) is 11.5. The molecule has 1 aliphatic heterocycles. The van der Waals surface area contributed by atoms with Crippen molar-refractivity contribution in [3.63, 3.8) is 0 Å². The Morgan fingerprint density at radius 1 is 1.33 bits per heavy atom. The molecule has 0 radical (unpaired) electrons. The second kappa shape index (κ2) is 7.66. The SMILES string of the molecule is CC(C)c1ccc2c(c1)CCN(CCNC(=O)C1CCC(O)C1)C2. The minimum Gasteiger partial charge on any atom is -0.393 e. The van der Waals surface area contributed by atoms with Crippen molar-refractivity contribution in [3.8, 4) is 0 Å². The average molecular weight is 330 g/mol. The van der Waals surface area contributed by atoms with Crippen molar-refractivity contribution in [3.05, 3.63) is 34.9 Å². The van der Waals surface area contributed by atoms with Gasteiger partial charge in [0, 0.05) is 32.1 Å². The van der Waals surface area contributed by atoms with Crippen LogP contribution in [0.25, 0.3) is 0 Å². The van der Waals surface area contributed by atoms with E-state index >= 15 is 0 Å². The molecular weight excluding hydrogens is 300 g/mol. The lowest BCUT2D eigenvalue weighted by molar-refractivity contribution is -0.125. The molecule has 1 heterocycles. The Kier molecular flexibility index (Phi) is 5.57. The maximum Gasteiger partial charge on any atom is 0.223 e. The van der Waals surface area contributed by atoms with Crippen molar-refractivity contribution >= 4 is 5.91 Å². The van der Waals surface area contributed by atoms with Crippen molar-refractivity contribution in [2.75, 3.05) is 19.6 Å². The van der Waals surface area contributed by atoms with Gasteiger partial charge >= 0.3 is 0 Å². The van der Waals surface area contributed by atoms with Crippen LogP contribution in [-0.4, -0.2) is 41.7 Å². The number of nitrogens with zero attached hydrogens (tertiary/aromatic N) is 1. The van der Waals surface area contributed by atoms with Gasteiger partial charge in [-0.15, -0.1) is 0 Å². The zero-order chi connectivity index (χ0) is 17.1. The molecule has 2 N–H and O–H groups in total. The molecule has 1 aliphatic carbocycles. The van der Waals surface area contributed by atoms with E-state index in [0.717, 1.165) is 38.9 Å². The highest BCUT2D eigenvalue weighted by Gasteiger charge is 2.28. The van der Waals surface area contributed by atoms with Crippen LogP contribution in [0, 0.1) is 5.92 Å². The number of hydrogen-bond acceptors (Lipinski definition) is 3. The molecule has 2 aliphatic rings. The van der Waals surface area contributed by atoms with Crippen molar-refractivity contribution in [1.82, 2.24) is 10.2 Å². The van der Waals surface area contributed by atoms with E-state index in [1.165, 1.54) is 16.7 Å². The zero-order valence-corrected chi connectivity index (χ0v) is 14.9. The number of nitrogens with one attached hydrogen (secondary N) is 1. The van der Waals surface area contributed by atoms with Gasteiger partial charge in [-0.25, -0.2) is 0 Å². The number of carbonyl (C=O) groups is 1. The molecule has 1 aromatic rings. The van der Waals surface area contributed by atoms with Gasteiger partial charge in [0.25, 0.3) is 0 Å². The van der Waals surface area contributed by atoms with Gasteiger partial charge in [0.05, 0.1) is 6.10 Å². The summed E-state index contributed by atoms with van der Waals surface area (Å²) >= 11 is 0. The van der Waals surface area contributed by atoms with Gasteiger partial charge in [0.15, 0.2) is 0 Å². The number of aliphatic hydroxyl groups excluding tert-OH is 1. The van der Waals surface area contributed by atoms with E-state index in [0.29, 0.717) is 18.9 Å². The van der Waals surface area contributed by atoms with E-state index in [9.17, 15) is 9.90 Å². The molecule has 24 heavy (non-hydrogen) atoms. The molecule has 1 amide bonds. The zero-order valence-electron chi connectivity index (χ0n) is 14.9. The lowest BCUT2D eigenvalue weighted by Gasteiger charge is -2.29. The van der Waals surface area contributed by atoms with E-state index in [1.54, 1.807) is 0 Å². The number of benzene rings is 1. The largest absolute Gasteiger partial charge is 0.393 e. The summed E-state index contributed by atoms with van der Waals surface area (Å²) in [5, 5.41) is 12.6. The predicted octanol–water partition coefficient (Wildman–Crippen LogP) is 2.45. The lowest BCUT2D eigenvalue weighted by atomic mass is 9.93. The molecule has 4 heteroatoms. The first kappa shape index (κ1) is 17.4. The fourth-order valence-corrected chi connectivity index (χ4v) is 3.86. The number of aliphatic hydroxyl groups is 1. The van der Waals surface area contributed by atoms with Crippen molar-refractivity contribution < 1.29 is 9.90 Å². The molecule has 1 saturated carbocycles. The van der Waals surface area contributed by atoms with Crippen LogP contribution in [0.2, 0.25) is 0 Å². The molecule has 1 fully saturated rings. The van der Waals surface area contributed by atoms with Crippen molar-refractivity contribution in [1.29, 1.82) is 0 Å². The van der Waals surface area contributed by atoms with Gasteiger partial charge in [-0.05, 0) is 48.3 Å². The first-order valence-electron chi connectivity index (χ1n) is 9.32. The summed E-state index contributed by atoms with van der Waals surface area (Å²) in [5.41, 5.74) is 4.34. The highest BCUT2D eigenvalue weighted by molar-refractivity contribution is 5.78. The number of carbonyl (C=O) groups excluding carboxylic acids is 1. The maximum atomic E-state index is 12.1. The van der Waals surface area contributed by atoms with Crippen LogP contribution in [0.4, 0.5) is 0 Å². The van der Waals surface area contributed by atoms with Gasteiger partial charge in [0.1, 0.15) is 0 Å². The molecule has 1 aromatic carbocycles. The van der Waals surface area contributed by atoms with Crippen LogP contribution in [0.15, 0.2) is 18.2 Å². The smallest absolute Gasteiger partial charge is 0.223 e. The molecule has 0 bridgehead atoms. The van der Waals surface area contributed by atoms with Crippen LogP contribution < -0.4 is 5.32 Å². The van der Waals surface area contributed by atoms with Crippen LogP contribution in [0.1, 0.15) is 55.7 Å². The normalized spacial score (nSPS) is 24.2. The summed E-state index contributed by atoms with van der Waals surface area (Å²) in [6, 6.07) is 6.89. The Labute approximate surface area is 145 Å². The van der Waals surface area contributed by atoms with E-state index in [4.69, 9.17) is 0 Å². The Morgan fingerprint density at radius 3 is 2.88 bits per heavy atom. The number of amides is 1. The first-order valence-corrected chi connectivity index (χ1v) is 9.32. The third-order valence-corrected chi connectivity index (χ3v) is 5.49. The van der Waals surface area contributed by atoms with E-state index in [-0.39, 0.29) is 17.9 Å². The third kappa shape index (κ3) is 4.17. The Bertz CT molecular complexity index is 585. The second-order valence-electron chi connectivity index (χ2n) is 7.66. The maximum absolute atomic E-state index is 12.1. The molecule has 0 spiro atoms. The van der Waals surface area contributed by atoms with Gasteiger partial charge in [-0.1, -0.05) is 32.0 Å². The minimum atomic E-state index is -0.282. The fourth-order valence-electron chi connectivity index (χ4n) is 3.86. The predicted molar refractivity (Wildman–Crippen MR) is 95.9 cm³/mol. The highest BCUT2D eigenvalue weighted by atomic mass is 16.3. The van der Waals surface area contributed by atoms with Gasteiger partial charge in [0.2, 0.25) is 5.91 Å². The van der Waals surface area contributed by atoms with E-state index < -0.39 is 0 Å². The standard InChI is InChI=1S/C20H30N2O2/c1-14(2)15-3-4-18-13-22(9-7-16(18)11-15)10-8-21-20(24)17-5-6-19(23)12-17/h3-4,11,14,17,19,23H,5-10,12-13H2,1-2H3,(H,21,24).